The molecule has 1 rings (SSSR count). The van der Waals surface area contributed by atoms with Crippen molar-refractivity contribution in [3.63, 3.8) is 0 Å². The zero-order valence-corrected chi connectivity index (χ0v) is 12.9. The predicted octanol–water partition coefficient (Wildman–Crippen LogP) is 2.85. The molecule has 20 heavy (non-hydrogen) atoms. The molecule has 1 aliphatic carbocycles. The number of hydrogen-bond donors (Lipinski definition) is 2. The summed E-state index contributed by atoms with van der Waals surface area (Å²) in [6.45, 7) is 4.18. The van der Waals surface area contributed by atoms with E-state index in [9.17, 15) is 9.59 Å². The smallest absolute Gasteiger partial charge is 0.326 e. The predicted molar refractivity (Wildman–Crippen MR) is 78.7 cm³/mol. The number of carbonyl (C=O) groups is 2. The Morgan fingerprint density at radius 2 is 2.00 bits per heavy atom. The molecule has 0 aromatic carbocycles. The average molecular weight is 284 g/mol. The van der Waals surface area contributed by atoms with Gasteiger partial charge in [-0.15, -0.1) is 0 Å². The first-order valence-corrected chi connectivity index (χ1v) is 7.73. The van der Waals surface area contributed by atoms with Crippen LogP contribution in [0.3, 0.4) is 0 Å². The van der Waals surface area contributed by atoms with Gasteiger partial charge in [-0.05, 0) is 25.2 Å². The van der Waals surface area contributed by atoms with Crippen LogP contribution >= 0.6 is 0 Å². The first-order valence-electron chi connectivity index (χ1n) is 7.73. The van der Waals surface area contributed by atoms with E-state index in [-0.39, 0.29) is 12.1 Å². The Bertz CT molecular complexity index is 333. The third kappa shape index (κ3) is 4.69. The van der Waals surface area contributed by atoms with E-state index in [0.717, 1.165) is 32.1 Å². The van der Waals surface area contributed by atoms with Gasteiger partial charge in [0, 0.05) is 13.1 Å². The number of hydrogen-bond acceptors (Lipinski definition) is 2. The van der Waals surface area contributed by atoms with Gasteiger partial charge in [0.1, 0.15) is 6.04 Å². The van der Waals surface area contributed by atoms with E-state index < -0.39 is 12.0 Å². The summed E-state index contributed by atoms with van der Waals surface area (Å²) in [6.07, 6.45) is 6.74. The number of carboxylic acids is 1. The molecule has 0 aromatic rings. The zero-order valence-electron chi connectivity index (χ0n) is 12.9. The molecule has 2 unspecified atom stereocenters. The van der Waals surface area contributed by atoms with Gasteiger partial charge in [-0.1, -0.05) is 39.5 Å². The first-order chi connectivity index (χ1) is 9.47. The summed E-state index contributed by atoms with van der Waals surface area (Å²) in [5, 5.41) is 11.8. The third-order valence-electron chi connectivity index (χ3n) is 4.33. The van der Waals surface area contributed by atoms with Crippen LogP contribution in [0.4, 0.5) is 4.79 Å². The van der Waals surface area contributed by atoms with Crippen molar-refractivity contribution in [2.45, 2.75) is 70.9 Å². The summed E-state index contributed by atoms with van der Waals surface area (Å²) in [4.78, 5) is 25.1. The maximum absolute atomic E-state index is 12.2. The average Bonchev–Trinajstić information content (AvgIpc) is 2.42. The van der Waals surface area contributed by atoms with Gasteiger partial charge >= 0.3 is 12.0 Å². The Morgan fingerprint density at radius 3 is 2.55 bits per heavy atom. The van der Waals surface area contributed by atoms with E-state index in [4.69, 9.17) is 5.11 Å². The third-order valence-corrected chi connectivity index (χ3v) is 4.33. The molecule has 0 saturated heterocycles. The fraction of sp³-hybridized carbons (Fsp3) is 0.867. The normalized spacial score (nSPS) is 23.9. The van der Waals surface area contributed by atoms with Crippen LogP contribution in [-0.4, -0.2) is 41.1 Å². The summed E-state index contributed by atoms with van der Waals surface area (Å²) in [5.74, 6) is -0.463. The second-order valence-corrected chi connectivity index (χ2v) is 5.92. The first kappa shape index (κ1) is 16.8. The Labute approximate surface area is 121 Å². The van der Waals surface area contributed by atoms with Crippen molar-refractivity contribution in [3.05, 3.63) is 0 Å². The molecule has 5 nitrogen and oxygen atoms in total. The molecule has 0 aromatic heterocycles. The number of carboxylic acid groups (broad SMARTS) is 1. The molecule has 1 saturated carbocycles. The van der Waals surface area contributed by atoms with Crippen molar-refractivity contribution < 1.29 is 14.7 Å². The summed E-state index contributed by atoms with van der Waals surface area (Å²) in [5.41, 5.74) is 0. The SMILES string of the molecule is CCCC[C@H](NC(=O)N(C)C1CCCCC1C)C(=O)O. The molecule has 0 bridgehead atoms. The van der Waals surface area contributed by atoms with Gasteiger partial charge in [-0.25, -0.2) is 9.59 Å². The Kier molecular flexibility index (Phi) is 6.82. The van der Waals surface area contributed by atoms with E-state index in [1.54, 1.807) is 11.9 Å². The molecule has 0 aliphatic heterocycles. The lowest BCUT2D eigenvalue weighted by Gasteiger charge is -2.36. The zero-order chi connectivity index (χ0) is 15.1. The number of urea groups is 1. The summed E-state index contributed by atoms with van der Waals surface area (Å²) in [7, 11) is 1.78. The summed E-state index contributed by atoms with van der Waals surface area (Å²) >= 11 is 0. The molecular formula is C15H28N2O3. The van der Waals surface area contributed by atoms with Crippen LogP contribution in [-0.2, 0) is 4.79 Å². The fourth-order valence-corrected chi connectivity index (χ4v) is 2.94. The quantitative estimate of drug-likeness (QED) is 0.788. The minimum atomic E-state index is -0.947. The van der Waals surface area contributed by atoms with Crippen LogP contribution in [0, 0.1) is 5.92 Å². The van der Waals surface area contributed by atoms with E-state index >= 15 is 0 Å². The van der Waals surface area contributed by atoms with Crippen LogP contribution in [0.25, 0.3) is 0 Å². The van der Waals surface area contributed by atoms with E-state index in [0.29, 0.717) is 12.3 Å². The maximum Gasteiger partial charge on any atom is 0.326 e. The molecule has 116 valence electrons. The van der Waals surface area contributed by atoms with Gasteiger partial charge in [0.2, 0.25) is 0 Å². The Morgan fingerprint density at radius 1 is 1.35 bits per heavy atom. The molecule has 0 heterocycles. The van der Waals surface area contributed by atoms with Crippen molar-refractivity contribution in [1.29, 1.82) is 0 Å². The van der Waals surface area contributed by atoms with E-state index in [1.165, 1.54) is 6.42 Å². The molecule has 0 spiro atoms. The number of carbonyl (C=O) groups excluding carboxylic acids is 1. The highest BCUT2D eigenvalue weighted by Gasteiger charge is 2.29. The lowest BCUT2D eigenvalue weighted by Crippen LogP contribution is -2.51. The second-order valence-electron chi connectivity index (χ2n) is 5.92. The number of aliphatic carboxylic acids is 1. The van der Waals surface area contributed by atoms with Crippen LogP contribution in [0.2, 0.25) is 0 Å². The van der Waals surface area contributed by atoms with Crippen molar-refractivity contribution in [1.82, 2.24) is 10.2 Å². The monoisotopic (exact) mass is 284 g/mol. The standard InChI is InChI=1S/C15H28N2O3/c1-4-5-9-12(14(18)19)16-15(20)17(3)13-10-7-6-8-11(13)2/h11-13H,4-10H2,1-3H3,(H,16,20)(H,18,19)/t11?,12-,13?/m0/s1. The summed E-state index contributed by atoms with van der Waals surface area (Å²) < 4.78 is 0. The number of unbranched alkanes of at least 4 members (excludes halogenated alkanes) is 1. The van der Waals surface area contributed by atoms with Gasteiger partial charge in [-0.2, -0.15) is 0 Å². The second kappa shape index (κ2) is 8.12. The van der Waals surface area contributed by atoms with Gasteiger partial charge in [0.05, 0.1) is 0 Å². The van der Waals surface area contributed by atoms with E-state index in [1.807, 2.05) is 6.92 Å². The fourth-order valence-electron chi connectivity index (χ4n) is 2.94. The van der Waals surface area contributed by atoms with Crippen LogP contribution in [0.1, 0.15) is 58.8 Å². The highest BCUT2D eigenvalue weighted by atomic mass is 16.4. The highest BCUT2D eigenvalue weighted by Crippen LogP contribution is 2.27. The number of nitrogens with zero attached hydrogens (tertiary/aromatic N) is 1. The van der Waals surface area contributed by atoms with Gasteiger partial charge in [-0.3, -0.25) is 0 Å². The lowest BCUT2D eigenvalue weighted by molar-refractivity contribution is -0.139. The van der Waals surface area contributed by atoms with Crippen molar-refractivity contribution in [2.75, 3.05) is 7.05 Å². The van der Waals surface area contributed by atoms with Crippen molar-refractivity contribution in [3.8, 4) is 0 Å². The van der Waals surface area contributed by atoms with Gasteiger partial charge < -0.3 is 15.3 Å². The van der Waals surface area contributed by atoms with Crippen LogP contribution < -0.4 is 5.32 Å². The van der Waals surface area contributed by atoms with Gasteiger partial charge in [0.15, 0.2) is 0 Å². The van der Waals surface area contributed by atoms with Gasteiger partial charge in [0.25, 0.3) is 0 Å². The molecule has 1 fully saturated rings. The molecule has 0 radical (unpaired) electrons. The number of rotatable bonds is 6. The van der Waals surface area contributed by atoms with Crippen LogP contribution in [0.15, 0.2) is 0 Å². The van der Waals surface area contributed by atoms with Crippen LogP contribution in [0.5, 0.6) is 0 Å². The molecule has 5 heteroatoms. The highest BCUT2D eigenvalue weighted by molar-refractivity contribution is 5.82. The number of amides is 2. The molecule has 1 aliphatic rings. The number of nitrogens with one attached hydrogen (secondary N) is 1. The van der Waals surface area contributed by atoms with Crippen molar-refractivity contribution in [2.24, 2.45) is 5.92 Å². The topological polar surface area (TPSA) is 69.6 Å². The molecular weight excluding hydrogens is 256 g/mol. The Balaban J connectivity index is 2.56. The summed E-state index contributed by atoms with van der Waals surface area (Å²) in [6, 6.07) is -0.805. The molecule has 2 amide bonds. The van der Waals surface area contributed by atoms with E-state index in [2.05, 4.69) is 12.2 Å². The maximum atomic E-state index is 12.2. The molecule has 3 atom stereocenters. The Hall–Kier alpha value is -1.26. The lowest BCUT2D eigenvalue weighted by atomic mass is 9.85. The van der Waals surface area contributed by atoms with Crippen molar-refractivity contribution >= 4 is 12.0 Å². The molecule has 2 N–H and O–H groups in total. The largest absolute Gasteiger partial charge is 0.480 e. The minimum absolute atomic E-state index is 0.226. The minimum Gasteiger partial charge on any atom is -0.480 e.